The standard InChI is InChI=1S/C15H17Cl2NO3/c1-8(2-5-14(19)20)18-15(21)11-7-10(11)9-3-4-12(16)13(17)6-9/h3-4,6,8,10-11H,2,5,7H2,1H3,(H,18,21)(H,19,20). The van der Waals surface area contributed by atoms with Crippen LogP contribution >= 0.6 is 23.2 Å². The summed E-state index contributed by atoms with van der Waals surface area (Å²) < 4.78 is 0. The van der Waals surface area contributed by atoms with Crippen LogP contribution in [0.15, 0.2) is 18.2 Å². The van der Waals surface area contributed by atoms with Crippen molar-refractivity contribution in [3.63, 3.8) is 0 Å². The largest absolute Gasteiger partial charge is 0.481 e. The molecule has 21 heavy (non-hydrogen) atoms. The van der Waals surface area contributed by atoms with Crippen molar-refractivity contribution in [3.05, 3.63) is 33.8 Å². The number of carbonyl (C=O) groups excluding carboxylic acids is 1. The predicted molar refractivity (Wildman–Crippen MR) is 81.8 cm³/mol. The zero-order valence-corrected chi connectivity index (χ0v) is 13.1. The van der Waals surface area contributed by atoms with Gasteiger partial charge in [-0.15, -0.1) is 0 Å². The maximum absolute atomic E-state index is 12.1. The lowest BCUT2D eigenvalue weighted by molar-refractivity contribution is -0.137. The average Bonchev–Trinajstić information content (AvgIpc) is 3.20. The highest BCUT2D eigenvalue weighted by atomic mass is 35.5. The minimum atomic E-state index is -0.851. The molecule has 0 aromatic heterocycles. The Bertz CT molecular complexity index is 562. The molecule has 114 valence electrons. The van der Waals surface area contributed by atoms with Crippen LogP contribution in [0.3, 0.4) is 0 Å². The molecule has 3 unspecified atom stereocenters. The monoisotopic (exact) mass is 329 g/mol. The van der Waals surface area contributed by atoms with Gasteiger partial charge in [0.05, 0.1) is 10.0 Å². The first-order valence-corrected chi connectivity index (χ1v) is 7.61. The van der Waals surface area contributed by atoms with E-state index in [9.17, 15) is 9.59 Å². The van der Waals surface area contributed by atoms with Crippen LogP contribution < -0.4 is 5.32 Å². The van der Waals surface area contributed by atoms with Gasteiger partial charge in [0.25, 0.3) is 0 Å². The minimum Gasteiger partial charge on any atom is -0.481 e. The Morgan fingerprint density at radius 1 is 1.38 bits per heavy atom. The van der Waals surface area contributed by atoms with Gasteiger partial charge in [0, 0.05) is 18.4 Å². The van der Waals surface area contributed by atoms with Gasteiger partial charge in [-0.05, 0) is 43.4 Å². The number of benzene rings is 1. The van der Waals surface area contributed by atoms with E-state index in [2.05, 4.69) is 5.32 Å². The van der Waals surface area contributed by atoms with Gasteiger partial charge < -0.3 is 10.4 Å². The lowest BCUT2D eigenvalue weighted by atomic mass is 10.1. The molecule has 1 saturated carbocycles. The highest BCUT2D eigenvalue weighted by Gasteiger charge is 2.44. The van der Waals surface area contributed by atoms with Crippen LogP contribution in [0.2, 0.25) is 10.0 Å². The fraction of sp³-hybridized carbons (Fsp3) is 0.467. The molecule has 1 aliphatic rings. The van der Waals surface area contributed by atoms with Crippen LogP contribution in [0.5, 0.6) is 0 Å². The van der Waals surface area contributed by atoms with Crippen molar-refractivity contribution in [2.45, 2.75) is 38.1 Å². The molecule has 3 atom stereocenters. The summed E-state index contributed by atoms with van der Waals surface area (Å²) in [5.41, 5.74) is 1.02. The second kappa shape index (κ2) is 6.67. The number of hydrogen-bond donors (Lipinski definition) is 2. The Kier molecular flexibility index (Phi) is 5.12. The van der Waals surface area contributed by atoms with Crippen LogP contribution in [0.1, 0.15) is 37.7 Å². The smallest absolute Gasteiger partial charge is 0.303 e. The summed E-state index contributed by atoms with van der Waals surface area (Å²) in [5.74, 6) is -0.763. The molecule has 1 fully saturated rings. The van der Waals surface area contributed by atoms with Gasteiger partial charge in [0.15, 0.2) is 0 Å². The Hall–Kier alpha value is -1.26. The van der Waals surface area contributed by atoms with Gasteiger partial charge in [-0.3, -0.25) is 9.59 Å². The summed E-state index contributed by atoms with van der Waals surface area (Å²) in [6, 6.07) is 5.29. The number of carbonyl (C=O) groups is 2. The van der Waals surface area contributed by atoms with Gasteiger partial charge in [-0.25, -0.2) is 0 Å². The van der Waals surface area contributed by atoms with E-state index < -0.39 is 5.97 Å². The van der Waals surface area contributed by atoms with Gasteiger partial charge in [-0.1, -0.05) is 29.3 Å². The number of hydrogen-bond acceptors (Lipinski definition) is 2. The van der Waals surface area contributed by atoms with E-state index >= 15 is 0 Å². The average molecular weight is 330 g/mol. The number of carboxylic acid groups (broad SMARTS) is 1. The maximum Gasteiger partial charge on any atom is 0.303 e. The topological polar surface area (TPSA) is 66.4 Å². The fourth-order valence-electron chi connectivity index (χ4n) is 2.36. The lowest BCUT2D eigenvalue weighted by Crippen LogP contribution is -2.34. The molecule has 1 aromatic rings. The molecule has 1 amide bonds. The third-order valence-corrected chi connectivity index (χ3v) is 4.42. The molecular weight excluding hydrogens is 313 g/mol. The summed E-state index contributed by atoms with van der Waals surface area (Å²) >= 11 is 11.9. The van der Waals surface area contributed by atoms with Crippen molar-refractivity contribution < 1.29 is 14.7 Å². The van der Waals surface area contributed by atoms with Gasteiger partial charge in [0.1, 0.15) is 0 Å². The summed E-state index contributed by atoms with van der Waals surface area (Å²) in [6.45, 7) is 1.82. The summed E-state index contributed by atoms with van der Waals surface area (Å²) in [5, 5.41) is 12.5. The Labute approximate surface area is 133 Å². The van der Waals surface area contributed by atoms with E-state index in [4.69, 9.17) is 28.3 Å². The first-order valence-electron chi connectivity index (χ1n) is 6.85. The molecule has 2 N–H and O–H groups in total. The van der Waals surface area contributed by atoms with Crippen LogP contribution in [-0.4, -0.2) is 23.0 Å². The van der Waals surface area contributed by atoms with Crippen molar-refractivity contribution in [1.82, 2.24) is 5.32 Å². The van der Waals surface area contributed by atoms with Crippen molar-refractivity contribution in [3.8, 4) is 0 Å². The third-order valence-electron chi connectivity index (χ3n) is 3.68. The quantitative estimate of drug-likeness (QED) is 0.839. The van der Waals surface area contributed by atoms with Crippen LogP contribution in [-0.2, 0) is 9.59 Å². The number of nitrogens with one attached hydrogen (secondary N) is 1. The molecule has 6 heteroatoms. The normalized spacial score (nSPS) is 21.7. The molecular formula is C15H17Cl2NO3. The summed E-state index contributed by atoms with van der Waals surface area (Å²) in [4.78, 5) is 22.6. The highest BCUT2D eigenvalue weighted by Crippen LogP contribution is 2.48. The molecule has 0 heterocycles. The van der Waals surface area contributed by atoms with Crippen LogP contribution in [0.25, 0.3) is 0 Å². The van der Waals surface area contributed by atoms with E-state index in [0.717, 1.165) is 12.0 Å². The maximum atomic E-state index is 12.1. The number of carboxylic acids is 1. The zero-order chi connectivity index (χ0) is 15.6. The summed E-state index contributed by atoms with van der Waals surface area (Å²) in [7, 11) is 0. The SMILES string of the molecule is CC(CCC(=O)O)NC(=O)C1CC1c1ccc(Cl)c(Cl)c1. The van der Waals surface area contributed by atoms with Crippen LogP contribution in [0.4, 0.5) is 0 Å². The fourth-order valence-corrected chi connectivity index (χ4v) is 2.66. The highest BCUT2D eigenvalue weighted by molar-refractivity contribution is 6.42. The van der Waals surface area contributed by atoms with Crippen molar-refractivity contribution >= 4 is 35.1 Å². The molecule has 0 spiro atoms. The number of amides is 1. The molecule has 2 rings (SSSR count). The molecule has 1 aromatic carbocycles. The molecule has 0 aliphatic heterocycles. The van der Waals surface area contributed by atoms with Gasteiger partial charge >= 0.3 is 5.97 Å². The predicted octanol–water partition coefficient (Wildman–Crippen LogP) is 3.47. The zero-order valence-electron chi connectivity index (χ0n) is 11.6. The molecule has 0 radical (unpaired) electrons. The van der Waals surface area contributed by atoms with Crippen molar-refractivity contribution in [2.24, 2.45) is 5.92 Å². The van der Waals surface area contributed by atoms with Gasteiger partial charge in [0.2, 0.25) is 5.91 Å². The Morgan fingerprint density at radius 2 is 2.10 bits per heavy atom. The molecule has 1 aliphatic carbocycles. The van der Waals surface area contributed by atoms with Crippen LogP contribution in [0, 0.1) is 5.92 Å². The number of halogens is 2. The van der Waals surface area contributed by atoms with Gasteiger partial charge in [-0.2, -0.15) is 0 Å². The number of rotatable bonds is 6. The van der Waals surface area contributed by atoms with Crippen molar-refractivity contribution in [2.75, 3.05) is 0 Å². The first-order chi connectivity index (χ1) is 9.88. The Balaban J connectivity index is 1.86. The summed E-state index contributed by atoms with van der Waals surface area (Å²) in [6.07, 6.45) is 1.28. The second-order valence-corrected chi connectivity index (χ2v) is 6.28. The van der Waals surface area contributed by atoms with E-state index in [1.807, 2.05) is 13.0 Å². The minimum absolute atomic E-state index is 0.0241. The lowest BCUT2D eigenvalue weighted by Gasteiger charge is -2.12. The van der Waals surface area contributed by atoms with E-state index in [1.54, 1.807) is 12.1 Å². The molecule has 4 nitrogen and oxygen atoms in total. The molecule has 0 saturated heterocycles. The third kappa shape index (κ3) is 4.35. The molecule has 0 bridgehead atoms. The second-order valence-electron chi connectivity index (χ2n) is 5.46. The Morgan fingerprint density at radius 3 is 2.71 bits per heavy atom. The first kappa shape index (κ1) is 16.1. The number of aliphatic carboxylic acids is 1. The van der Waals surface area contributed by atoms with E-state index in [1.165, 1.54) is 0 Å². The van der Waals surface area contributed by atoms with Crippen molar-refractivity contribution in [1.29, 1.82) is 0 Å². The van der Waals surface area contributed by atoms with E-state index in [0.29, 0.717) is 16.5 Å². The van der Waals surface area contributed by atoms with E-state index in [-0.39, 0.29) is 30.2 Å².